The molecule has 0 aliphatic carbocycles. The number of non-ortho nitro benzene ring substituents is 1. The predicted molar refractivity (Wildman–Crippen MR) is 135 cm³/mol. The number of anilines is 2. The van der Waals surface area contributed by atoms with Crippen LogP contribution < -0.4 is 16.0 Å². The first-order chi connectivity index (χ1) is 18.8. The molecule has 0 bridgehead atoms. The molecular weight excluding hydrogens is 539 g/mol. The van der Waals surface area contributed by atoms with E-state index < -0.39 is 51.6 Å². The predicted octanol–water partition coefficient (Wildman–Crippen LogP) is 3.29. The van der Waals surface area contributed by atoms with Crippen molar-refractivity contribution in [2.45, 2.75) is 12.6 Å². The van der Waals surface area contributed by atoms with E-state index in [1.165, 1.54) is 31.0 Å². The molecule has 1 aromatic heterocycles. The average molecular weight is 561 g/mol. The van der Waals surface area contributed by atoms with Gasteiger partial charge in [0.1, 0.15) is 12.2 Å². The third-order valence-corrected chi connectivity index (χ3v) is 5.42. The van der Waals surface area contributed by atoms with Gasteiger partial charge in [-0.25, -0.2) is 0 Å². The molecule has 3 N–H and O–H groups in total. The topological polar surface area (TPSA) is 162 Å². The van der Waals surface area contributed by atoms with E-state index in [-0.39, 0.29) is 24.3 Å². The summed E-state index contributed by atoms with van der Waals surface area (Å²) in [5, 5.41) is 18.4. The zero-order valence-corrected chi connectivity index (χ0v) is 21.0. The van der Waals surface area contributed by atoms with Gasteiger partial charge in [-0.05, 0) is 29.8 Å². The summed E-state index contributed by atoms with van der Waals surface area (Å²) in [4.78, 5) is 58.6. The molecule has 0 aliphatic rings. The number of hydrogen-bond acceptors (Lipinski definition) is 7. The Bertz CT molecular complexity index is 1480. The lowest BCUT2D eigenvalue weighted by molar-refractivity contribution is -0.385. The SMILES string of the molecule is COC(=O)CNC(=O)Cc1cccc(NC(=O)c2cc(NC(=O)c3cc([N+](=O)[O-])cc(C(F)(F)F)c3)cn2C)c1. The Kier molecular flexibility index (Phi) is 8.88. The Balaban J connectivity index is 1.71. The fourth-order valence-corrected chi connectivity index (χ4v) is 3.52. The second-order valence-corrected chi connectivity index (χ2v) is 8.39. The Morgan fingerprint density at radius 2 is 1.70 bits per heavy atom. The number of nitro benzene ring substituents is 1. The molecule has 15 heteroatoms. The highest BCUT2D eigenvalue weighted by atomic mass is 19.4. The maximum atomic E-state index is 13.2. The summed E-state index contributed by atoms with van der Waals surface area (Å²) >= 11 is 0. The molecule has 0 saturated carbocycles. The number of rotatable bonds is 9. The zero-order valence-electron chi connectivity index (χ0n) is 21.0. The molecule has 40 heavy (non-hydrogen) atoms. The summed E-state index contributed by atoms with van der Waals surface area (Å²) in [6.45, 7) is -0.289. The normalized spacial score (nSPS) is 10.9. The number of halogens is 3. The number of ether oxygens (including phenoxy) is 1. The minimum Gasteiger partial charge on any atom is -0.468 e. The lowest BCUT2D eigenvalue weighted by Gasteiger charge is -2.09. The smallest absolute Gasteiger partial charge is 0.416 e. The summed E-state index contributed by atoms with van der Waals surface area (Å²) < 4.78 is 45.3. The number of methoxy groups -OCH3 is 1. The molecule has 3 amide bonds. The minimum atomic E-state index is -4.91. The fraction of sp³-hybridized carbons (Fsp3) is 0.200. The lowest BCUT2D eigenvalue weighted by Crippen LogP contribution is -2.31. The van der Waals surface area contributed by atoms with Crippen LogP contribution in [-0.2, 0) is 34.0 Å². The van der Waals surface area contributed by atoms with Gasteiger partial charge in [0.2, 0.25) is 5.91 Å². The molecule has 12 nitrogen and oxygen atoms in total. The molecule has 0 atom stereocenters. The molecule has 0 fully saturated rings. The first kappa shape index (κ1) is 29.3. The molecule has 1 heterocycles. The van der Waals surface area contributed by atoms with Gasteiger partial charge in [-0.3, -0.25) is 29.3 Å². The number of aryl methyl sites for hydroxylation is 1. The number of nitro groups is 1. The van der Waals surface area contributed by atoms with Crippen LogP contribution in [0.25, 0.3) is 0 Å². The van der Waals surface area contributed by atoms with Crippen molar-refractivity contribution in [3.63, 3.8) is 0 Å². The second-order valence-electron chi connectivity index (χ2n) is 8.39. The molecule has 210 valence electrons. The standard InChI is InChI=1S/C25H22F3N5O7/c1-32-13-18(31-23(36)15-8-16(25(26,27)28)10-19(9-15)33(38)39)11-20(32)24(37)30-17-5-3-4-14(6-17)7-21(34)29-12-22(35)40-2/h3-6,8-11,13H,7,12H2,1-2H3,(H,29,34)(H,30,37)(H,31,36). The Morgan fingerprint density at radius 1 is 1.00 bits per heavy atom. The van der Waals surface area contributed by atoms with E-state index in [2.05, 4.69) is 20.7 Å². The third-order valence-electron chi connectivity index (χ3n) is 5.42. The number of amides is 3. The molecule has 0 saturated heterocycles. The summed E-state index contributed by atoms with van der Waals surface area (Å²) in [5.41, 5.74) is -1.87. The van der Waals surface area contributed by atoms with E-state index >= 15 is 0 Å². The van der Waals surface area contributed by atoms with Crippen LogP contribution in [0.2, 0.25) is 0 Å². The van der Waals surface area contributed by atoms with Crippen LogP contribution in [0.1, 0.15) is 32.0 Å². The number of benzene rings is 2. The van der Waals surface area contributed by atoms with E-state index in [1.807, 2.05) is 0 Å². The Labute approximate surface area is 224 Å². The quantitative estimate of drug-likeness (QED) is 0.205. The number of carbonyl (C=O) groups is 4. The van der Waals surface area contributed by atoms with Crippen LogP contribution in [0.3, 0.4) is 0 Å². The van der Waals surface area contributed by atoms with Gasteiger partial charge in [0.25, 0.3) is 17.5 Å². The van der Waals surface area contributed by atoms with Crippen LogP contribution in [0.5, 0.6) is 0 Å². The molecular formula is C25H22F3N5O7. The van der Waals surface area contributed by atoms with Crippen molar-refractivity contribution < 1.29 is 42.0 Å². The van der Waals surface area contributed by atoms with Crippen molar-refractivity contribution in [3.05, 3.63) is 87.2 Å². The van der Waals surface area contributed by atoms with Crippen molar-refractivity contribution in [3.8, 4) is 0 Å². The maximum Gasteiger partial charge on any atom is 0.416 e. The zero-order chi connectivity index (χ0) is 29.6. The molecule has 3 aromatic rings. The molecule has 0 aliphatic heterocycles. The van der Waals surface area contributed by atoms with E-state index in [0.717, 1.165) is 0 Å². The van der Waals surface area contributed by atoms with Crippen molar-refractivity contribution in [1.82, 2.24) is 9.88 Å². The highest BCUT2D eigenvalue weighted by Gasteiger charge is 2.33. The molecule has 3 rings (SSSR count). The monoisotopic (exact) mass is 561 g/mol. The van der Waals surface area contributed by atoms with Gasteiger partial charge in [-0.15, -0.1) is 0 Å². The van der Waals surface area contributed by atoms with Gasteiger partial charge < -0.3 is 25.3 Å². The minimum absolute atomic E-state index is 0.0498. The number of nitrogens with zero attached hydrogens (tertiary/aromatic N) is 2. The summed E-state index contributed by atoms with van der Waals surface area (Å²) in [5.74, 6) is -2.71. The van der Waals surface area contributed by atoms with Gasteiger partial charge in [0.15, 0.2) is 0 Å². The number of esters is 1. The molecule has 0 unspecified atom stereocenters. The largest absolute Gasteiger partial charge is 0.468 e. The van der Waals surface area contributed by atoms with Crippen molar-refractivity contribution in [2.75, 3.05) is 24.3 Å². The molecule has 2 aromatic carbocycles. The van der Waals surface area contributed by atoms with Gasteiger partial charge >= 0.3 is 12.1 Å². The van der Waals surface area contributed by atoms with E-state index in [0.29, 0.717) is 29.4 Å². The first-order valence-electron chi connectivity index (χ1n) is 11.3. The number of nitrogens with one attached hydrogen (secondary N) is 3. The van der Waals surface area contributed by atoms with E-state index in [1.54, 1.807) is 24.3 Å². The summed E-state index contributed by atoms with van der Waals surface area (Å²) in [7, 11) is 2.68. The molecule has 0 spiro atoms. The number of alkyl halides is 3. The van der Waals surface area contributed by atoms with Crippen LogP contribution in [-0.4, -0.2) is 46.8 Å². The van der Waals surface area contributed by atoms with Crippen LogP contribution in [0.4, 0.5) is 30.2 Å². The fourth-order valence-electron chi connectivity index (χ4n) is 3.52. The van der Waals surface area contributed by atoms with Gasteiger partial charge in [0, 0.05) is 36.6 Å². The van der Waals surface area contributed by atoms with Crippen LogP contribution >= 0.6 is 0 Å². The third kappa shape index (κ3) is 7.66. The van der Waals surface area contributed by atoms with Gasteiger partial charge in [-0.1, -0.05) is 12.1 Å². The maximum absolute atomic E-state index is 13.2. The average Bonchev–Trinajstić information content (AvgIpc) is 3.26. The van der Waals surface area contributed by atoms with Crippen LogP contribution in [0, 0.1) is 10.1 Å². The van der Waals surface area contributed by atoms with Crippen LogP contribution in [0.15, 0.2) is 54.7 Å². The Hall–Kier alpha value is -5.21. The first-order valence-corrected chi connectivity index (χ1v) is 11.3. The second kappa shape index (κ2) is 12.1. The van der Waals surface area contributed by atoms with Gasteiger partial charge in [0.05, 0.1) is 29.7 Å². The highest BCUT2D eigenvalue weighted by Crippen LogP contribution is 2.33. The highest BCUT2D eigenvalue weighted by molar-refractivity contribution is 6.07. The molecule has 0 radical (unpaired) electrons. The number of aromatic nitrogens is 1. The van der Waals surface area contributed by atoms with Crippen molar-refractivity contribution in [2.24, 2.45) is 7.05 Å². The van der Waals surface area contributed by atoms with E-state index in [9.17, 15) is 42.5 Å². The Morgan fingerprint density at radius 3 is 2.35 bits per heavy atom. The lowest BCUT2D eigenvalue weighted by atomic mass is 10.1. The van der Waals surface area contributed by atoms with Crippen molar-refractivity contribution in [1.29, 1.82) is 0 Å². The van der Waals surface area contributed by atoms with E-state index in [4.69, 9.17) is 0 Å². The van der Waals surface area contributed by atoms with Crippen molar-refractivity contribution >= 4 is 40.8 Å². The van der Waals surface area contributed by atoms with Gasteiger partial charge in [-0.2, -0.15) is 13.2 Å². The number of hydrogen-bond donors (Lipinski definition) is 3. The summed E-state index contributed by atoms with van der Waals surface area (Å²) in [6, 6.07) is 9.14. The summed E-state index contributed by atoms with van der Waals surface area (Å²) in [6.07, 6.45) is -3.66. The number of carbonyl (C=O) groups excluding carboxylic acids is 4.